The number of nitrogens with one attached hydrogen (secondary N) is 2. The van der Waals surface area contributed by atoms with E-state index in [2.05, 4.69) is 0 Å². The van der Waals surface area contributed by atoms with Gasteiger partial charge in [-0.1, -0.05) is 58.9 Å². The van der Waals surface area contributed by atoms with Crippen LogP contribution in [0.4, 0.5) is 19.2 Å². The van der Waals surface area contributed by atoms with E-state index in [4.69, 9.17) is 0 Å². The van der Waals surface area contributed by atoms with Crippen molar-refractivity contribution in [2.24, 2.45) is 0 Å². The normalized spacial score (nSPS) is 15.6. The van der Waals surface area contributed by atoms with E-state index < -0.39 is 42.6 Å². The first-order valence-electron chi connectivity index (χ1n) is 11.0. The highest BCUT2D eigenvalue weighted by Gasteiger charge is 2.31. The van der Waals surface area contributed by atoms with Gasteiger partial charge in [0.15, 0.2) is 0 Å². The van der Waals surface area contributed by atoms with Gasteiger partial charge in [-0.25, -0.2) is 35.9 Å². The van der Waals surface area contributed by atoms with Gasteiger partial charge >= 0.3 is 12.1 Å². The molecule has 6 amide bonds. The first kappa shape index (κ1) is 29.5. The molecule has 38 heavy (non-hydrogen) atoms. The van der Waals surface area contributed by atoms with Gasteiger partial charge in [-0.3, -0.25) is 19.4 Å². The fourth-order valence-electron chi connectivity index (χ4n) is 3.05. The number of thioether (sulfide) groups is 2. The Hall–Kier alpha value is -3.08. The van der Waals surface area contributed by atoms with Gasteiger partial charge in [0.25, 0.3) is 30.5 Å². The highest BCUT2D eigenvalue weighted by Crippen LogP contribution is 2.19. The third-order valence-corrected chi connectivity index (χ3v) is 9.50. The smallest absolute Gasteiger partial charge is 0.261 e. The van der Waals surface area contributed by atoms with Gasteiger partial charge in [0.2, 0.25) is 0 Å². The molecular formula is C22H24N4O8S4. The number of imide groups is 2. The Morgan fingerprint density at radius 3 is 1.24 bits per heavy atom. The van der Waals surface area contributed by atoms with Gasteiger partial charge in [-0.05, 0) is 38.1 Å². The van der Waals surface area contributed by atoms with Crippen molar-refractivity contribution in [3.05, 3.63) is 59.7 Å². The van der Waals surface area contributed by atoms with Gasteiger partial charge < -0.3 is 0 Å². The minimum Gasteiger partial charge on any atom is -0.261 e. The second-order valence-electron chi connectivity index (χ2n) is 7.98. The number of sulfonamides is 2. The van der Waals surface area contributed by atoms with Crippen molar-refractivity contribution in [3.63, 3.8) is 0 Å². The maximum Gasteiger partial charge on any atom is 0.338 e. The highest BCUT2D eigenvalue weighted by molar-refractivity contribution is 8.14. The number of hydrogen-bond acceptors (Lipinski definition) is 10. The van der Waals surface area contributed by atoms with Crippen LogP contribution in [-0.4, -0.2) is 73.8 Å². The molecule has 0 atom stereocenters. The molecule has 2 aliphatic rings. The monoisotopic (exact) mass is 600 g/mol. The van der Waals surface area contributed by atoms with E-state index in [1.165, 1.54) is 24.3 Å². The van der Waals surface area contributed by atoms with Crippen molar-refractivity contribution in [1.29, 1.82) is 0 Å². The summed E-state index contributed by atoms with van der Waals surface area (Å²) in [5, 5.41) is -0.867. The lowest BCUT2D eigenvalue weighted by atomic mass is 10.2. The summed E-state index contributed by atoms with van der Waals surface area (Å²) in [6, 6.07) is 10.4. The predicted octanol–water partition coefficient (Wildman–Crippen LogP) is 3.12. The van der Waals surface area contributed by atoms with Crippen molar-refractivity contribution in [2.75, 3.05) is 24.6 Å². The lowest BCUT2D eigenvalue weighted by Crippen LogP contribution is -2.42. The van der Waals surface area contributed by atoms with Crippen LogP contribution in [0.2, 0.25) is 0 Å². The van der Waals surface area contributed by atoms with E-state index >= 15 is 0 Å². The standard InChI is InChI=1S/2C11H12N2O4S2/c2*1-8-2-4-9(5-3-8)19(16,17)12-10(14)13-6-7-18-11(13)15/h2*2-5H,6-7H2,1H3,(H,12,14). The zero-order valence-electron chi connectivity index (χ0n) is 20.2. The van der Waals surface area contributed by atoms with Crippen LogP contribution in [0.3, 0.4) is 0 Å². The second kappa shape index (κ2) is 12.2. The van der Waals surface area contributed by atoms with Crippen molar-refractivity contribution in [3.8, 4) is 0 Å². The molecule has 204 valence electrons. The molecule has 2 saturated heterocycles. The van der Waals surface area contributed by atoms with Crippen LogP contribution in [0, 0.1) is 13.8 Å². The molecule has 2 aliphatic heterocycles. The van der Waals surface area contributed by atoms with Crippen LogP contribution < -0.4 is 9.44 Å². The summed E-state index contributed by atoms with van der Waals surface area (Å²) < 4.78 is 51.5. The molecule has 2 aromatic carbocycles. The van der Waals surface area contributed by atoms with Crippen LogP contribution >= 0.6 is 23.5 Å². The number of hydrogen-bond donors (Lipinski definition) is 2. The second-order valence-corrected chi connectivity index (χ2v) is 13.4. The summed E-state index contributed by atoms with van der Waals surface area (Å²) in [6.07, 6.45) is 0. The summed E-state index contributed by atoms with van der Waals surface area (Å²) in [7, 11) is -7.88. The quantitative estimate of drug-likeness (QED) is 0.532. The first-order chi connectivity index (χ1) is 17.8. The number of urea groups is 2. The Balaban J connectivity index is 0.000000211. The average molecular weight is 601 g/mol. The molecule has 0 aliphatic carbocycles. The number of carbonyl (C=O) groups excluding carboxylic acids is 4. The van der Waals surface area contributed by atoms with Crippen molar-refractivity contribution < 1.29 is 36.0 Å². The van der Waals surface area contributed by atoms with Crippen LogP contribution in [0.15, 0.2) is 58.3 Å². The fourth-order valence-corrected chi connectivity index (χ4v) is 6.51. The molecule has 0 saturated carbocycles. The zero-order valence-corrected chi connectivity index (χ0v) is 23.5. The molecule has 16 heteroatoms. The Bertz CT molecular complexity index is 1330. The summed E-state index contributed by atoms with van der Waals surface area (Å²) in [5.41, 5.74) is 1.83. The number of benzene rings is 2. The van der Waals surface area contributed by atoms with E-state index in [9.17, 15) is 36.0 Å². The van der Waals surface area contributed by atoms with Crippen LogP contribution in [0.25, 0.3) is 0 Å². The molecule has 0 bridgehead atoms. The maximum absolute atomic E-state index is 11.9. The van der Waals surface area contributed by atoms with E-state index in [0.717, 1.165) is 44.5 Å². The molecule has 2 heterocycles. The fraction of sp³-hybridized carbons (Fsp3) is 0.273. The Kier molecular flexibility index (Phi) is 9.45. The van der Waals surface area contributed by atoms with Gasteiger partial charge in [0.05, 0.1) is 9.79 Å². The van der Waals surface area contributed by atoms with Gasteiger partial charge in [-0.15, -0.1) is 0 Å². The highest BCUT2D eigenvalue weighted by atomic mass is 32.2. The topological polar surface area (TPSA) is 167 Å². The van der Waals surface area contributed by atoms with Crippen molar-refractivity contribution >= 4 is 66.1 Å². The first-order valence-corrected chi connectivity index (χ1v) is 15.9. The lowest BCUT2D eigenvalue weighted by molar-refractivity contribution is 0.206. The molecule has 0 aromatic heterocycles. The average Bonchev–Trinajstić information content (AvgIpc) is 3.47. The number of amides is 6. The molecule has 0 spiro atoms. The number of aryl methyl sites for hydroxylation is 2. The summed E-state index contributed by atoms with van der Waals surface area (Å²) in [4.78, 5) is 47.8. The molecule has 0 unspecified atom stereocenters. The largest absolute Gasteiger partial charge is 0.338 e. The van der Waals surface area contributed by atoms with Gasteiger partial charge in [-0.2, -0.15) is 0 Å². The molecular weight excluding hydrogens is 577 g/mol. The molecule has 2 fully saturated rings. The van der Waals surface area contributed by atoms with Crippen molar-refractivity contribution in [2.45, 2.75) is 23.6 Å². The minimum atomic E-state index is -3.94. The summed E-state index contributed by atoms with van der Waals surface area (Å²) in [5.74, 6) is 0.966. The number of nitrogens with zero attached hydrogens (tertiary/aromatic N) is 2. The van der Waals surface area contributed by atoms with Crippen LogP contribution in [-0.2, 0) is 20.0 Å². The van der Waals surface area contributed by atoms with Crippen LogP contribution in [0.5, 0.6) is 0 Å². The molecule has 0 radical (unpaired) electrons. The third kappa shape index (κ3) is 7.49. The molecule has 12 nitrogen and oxygen atoms in total. The lowest BCUT2D eigenvalue weighted by Gasteiger charge is -2.14. The van der Waals surface area contributed by atoms with E-state index in [-0.39, 0.29) is 22.9 Å². The van der Waals surface area contributed by atoms with E-state index in [0.29, 0.717) is 11.5 Å². The third-order valence-electron chi connectivity index (χ3n) is 5.12. The minimum absolute atomic E-state index is 0.00857. The van der Waals surface area contributed by atoms with E-state index in [1.54, 1.807) is 24.3 Å². The van der Waals surface area contributed by atoms with E-state index in [1.807, 2.05) is 23.3 Å². The van der Waals surface area contributed by atoms with Gasteiger partial charge in [0.1, 0.15) is 0 Å². The molecule has 2 N–H and O–H groups in total. The Morgan fingerprint density at radius 2 is 0.974 bits per heavy atom. The van der Waals surface area contributed by atoms with Gasteiger partial charge in [0, 0.05) is 24.6 Å². The number of carbonyl (C=O) groups is 4. The van der Waals surface area contributed by atoms with Crippen molar-refractivity contribution in [1.82, 2.24) is 19.2 Å². The predicted molar refractivity (Wildman–Crippen MR) is 143 cm³/mol. The molecule has 2 aromatic rings. The van der Waals surface area contributed by atoms with Crippen LogP contribution in [0.1, 0.15) is 11.1 Å². The Labute approximate surface area is 228 Å². The summed E-state index contributed by atoms with van der Waals surface area (Å²) in [6.45, 7) is 4.10. The maximum atomic E-state index is 11.9. The summed E-state index contributed by atoms with van der Waals surface area (Å²) >= 11 is 1.98. The molecule has 4 rings (SSSR count). The number of rotatable bonds is 4. The SMILES string of the molecule is Cc1ccc(S(=O)(=O)NC(=O)N2CCSC2=O)cc1.Cc1ccc(S(=O)(=O)NC(=O)N2CCSC2=O)cc1. The Morgan fingerprint density at radius 1 is 0.658 bits per heavy atom. The zero-order chi connectivity index (χ0) is 28.1.